The summed E-state index contributed by atoms with van der Waals surface area (Å²) in [6.07, 6.45) is 1.95. The molecule has 62 heavy (non-hydrogen) atoms. The van der Waals surface area contributed by atoms with E-state index in [1.54, 1.807) is 18.2 Å². The average Bonchev–Trinajstić information content (AvgIpc) is 3.12. The molecule has 1 heterocycles. The van der Waals surface area contributed by atoms with Crippen molar-refractivity contribution in [3.8, 4) is 5.75 Å². The van der Waals surface area contributed by atoms with Gasteiger partial charge in [-0.15, -0.1) is 20.4 Å². The zero-order valence-electron chi connectivity index (χ0n) is 31.6. The van der Waals surface area contributed by atoms with Crippen molar-refractivity contribution >= 4 is 105 Å². The van der Waals surface area contributed by atoms with E-state index < -0.39 is 79.6 Å². The van der Waals surface area contributed by atoms with Gasteiger partial charge in [0.15, 0.2) is 11.0 Å². The Morgan fingerprint density at radius 2 is 1.34 bits per heavy atom. The summed E-state index contributed by atoms with van der Waals surface area (Å²) in [6.45, 7) is 0. The maximum absolute atomic E-state index is 12.8. The zero-order chi connectivity index (χ0) is 41.9. The smallest absolute Gasteiger partial charge is 0.883 e. The van der Waals surface area contributed by atoms with Crippen molar-refractivity contribution in [1.82, 2.24) is 9.97 Å². The molecule has 0 spiro atoms. The van der Waals surface area contributed by atoms with Crippen LogP contribution in [0.4, 0.5) is 28.6 Å². The predicted octanol–water partition coefficient (Wildman–Crippen LogP) is -8.69. The molecule has 32 heteroatoms. The second-order valence-electron chi connectivity index (χ2n) is 10.7. The maximum atomic E-state index is 12.8. The van der Waals surface area contributed by atoms with Crippen LogP contribution in [0.3, 0.4) is 0 Å². The molecule has 0 aliphatic heterocycles. The molecule has 305 valence electrons. The van der Waals surface area contributed by atoms with Crippen LogP contribution in [0.1, 0.15) is 5.56 Å². The van der Waals surface area contributed by atoms with Gasteiger partial charge in [0.25, 0.3) is 0 Å². The molecule has 5 rings (SSSR count). The summed E-state index contributed by atoms with van der Waals surface area (Å²) in [5.41, 5.74) is -1.96. The van der Waals surface area contributed by atoms with Gasteiger partial charge < -0.3 is 34.3 Å². The Morgan fingerprint density at radius 1 is 0.726 bits per heavy atom. The molecule has 1 aliphatic carbocycles. The van der Waals surface area contributed by atoms with E-state index in [1.807, 2.05) is 0 Å². The molecule has 0 saturated carbocycles. The van der Waals surface area contributed by atoms with Crippen LogP contribution in [0.15, 0.2) is 136 Å². The minimum atomic E-state index is -5.65. The SMILES string of the molecule is O=S(=O)([O-])C1=CC(=C([O-])[O-])/C(=N/N=C(\N=Nc2cc(S(=O)(=O)[O-])cc(S(=O)(=O)[O-])c2[O-])c2cccc(N=Nc3cccc(Nc4nc(Cl)nc(Cl)c4Cl)c3)c2)C=C1.[Cu+2].[Na+].[Na+].[Na+].[Na+]. The van der Waals surface area contributed by atoms with Crippen molar-refractivity contribution in [2.45, 2.75) is 9.79 Å². The van der Waals surface area contributed by atoms with E-state index in [4.69, 9.17) is 34.8 Å². The molecule has 0 atom stereocenters. The quantitative estimate of drug-likeness (QED) is 0.0177. The monoisotopic (exact) mass is 1050 g/mol. The molecule has 1 N–H and O–H groups in total. The number of nitrogens with one attached hydrogen (secondary N) is 1. The van der Waals surface area contributed by atoms with Gasteiger partial charge in [-0.05, 0) is 77.9 Å². The van der Waals surface area contributed by atoms with Crippen LogP contribution < -0.4 is 139 Å². The summed E-state index contributed by atoms with van der Waals surface area (Å²) >= 11 is 18.0. The van der Waals surface area contributed by atoms with E-state index in [0.717, 1.165) is 6.08 Å². The van der Waals surface area contributed by atoms with Crippen LogP contribution in [0.5, 0.6) is 5.75 Å². The first-order valence-electron chi connectivity index (χ1n) is 14.7. The van der Waals surface area contributed by atoms with E-state index in [0.29, 0.717) is 23.9 Å². The number of halogens is 3. The minimum absolute atomic E-state index is 0. The molecule has 0 amide bonds. The second-order valence-corrected chi connectivity index (χ2v) is 15.9. The molecule has 1 aromatic heterocycles. The number of anilines is 2. The van der Waals surface area contributed by atoms with Crippen molar-refractivity contribution in [1.29, 1.82) is 0 Å². The molecule has 1 radical (unpaired) electrons. The summed E-state index contributed by atoms with van der Waals surface area (Å²) in [5.74, 6) is -4.20. The van der Waals surface area contributed by atoms with Gasteiger partial charge in [-0.3, -0.25) is 0 Å². The number of aromatic nitrogens is 2. The van der Waals surface area contributed by atoms with E-state index in [1.165, 1.54) is 30.3 Å². The average molecular weight is 1050 g/mol. The topological polar surface area (TPSA) is 353 Å². The number of nitrogens with zero attached hydrogens (tertiary/aromatic N) is 8. The van der Waals surface area contributed by atoms with Crippen LogP contribution in [-0.4, -0.2) is 60.4 Å². The number of hydrogen-bond acceptors (Lipinski definition) is 20. The molecule has 4 aromatic rings. The third-order valence-electron chi connectivity index (χ3n) is 6.83. The van der Waals surface area contributed by atoms with Crippen molar-refractivity contribution in [2.24, 2.45) is 30.7 Å². The van der Waals surface area contributed by atoms with Crippen molar-refractivity contribution in [3.63, 3.8) is 0 Å². The Balaban J connectivity index is 0.00000744. The number of hydrogen-bond donors (Lipinski definition) is 1. The van der Waals surface area contributed by atoms with Gasteiger partial charge in [-0.1, -0.05) is 47.2 Å². The minimum Gasteiger partial charge on any atom is -0.883 e. The molecule has 1 aliphatic rings. The Kier molecular flexibility index (Phi) is 25.2. The van der Waals surface area contributed by atoms with Crippen LogP contribution in [0, 0.1) is 0 Å². The van der Waals surface area contributed by atoms with Gasteiger partial charge in [0.2, 0.25) is 11.1 Å². The van der Waals surface area contributed by atoms with Crippen LogP contribution in [-0.2, 0) is 47.4 Å². The summed E-state index contributed by atoms with van der Waals surface area (Å²) in [5, 5.41) is 62.0. The van der Waals surface area contributed by atoms with E-state index >= 15 is 0 Å². The van der Waals surface area contributed by atoms with Gasteiger partial charge in [0, 0.05) is 16.1 Å². The second kappa shape index (κ2) is 25.7. The number of benzene rings is 3. The Hall–Kier alpha value is -1.18. The number of rotatable bonds is 10. The van der Waals surface area contributed by atoms with Crippen LogP contribution in [0.25, 0.3) is 0 Å². The number of allylic oxidation sites excluding steroid dienone is 4. The van der Waals surface area contributed by atoms with Gasteiger partial charge >= 0.3 is 135 Å². The third kappa shape index (κ3) is 16.6. The molecule has 0 saturated heterocycles. The molecule has 0 bridgehead atoms. The third-order valence-corrected chi connectivity index (χ3v) is 10.2. The molecule has 21 nitrogen and oxygen atoms in total. The zero-order valence-corrected chi connectivity index (χ0v) is 45.3. The fourth-order valence-corrected chi connectivity index (χ4v) is 6.51. The standard InChI is InChI=1S/C30H20Cl3N9O12S3.Cu.4Na/c31-24-26(32)35-30(33)36-28(24)34-15-4-2-6-17(10-15)38-37-16-5-1-3-14(9-16)27(41-39-21-8-7-18(55(46,47)48)11-20(21)29(44)45)42-40-22-12-19(56(49,50)51)13-23(25(22)43)57(52,53)54;;;;;/h1-13,43-45H,(H,34,35,36)(H,46,47,48)(H,49,50,51)(H,52,53,54);;;;;/q;+2;4*+1/p-6/b38-37?,39-21+,41-27-,42-40?;;;;;. The summed E-state index contributed by atoms with van der Waals surface area (Å²) < 4.78 is 105. The first-order chi connectivity index (χ1) is 26.6. The first kappa shape index (κ1) is 60.8. The maximum Gasteiger partial charge on any atom is 2.00 e. The summed E-state index contributed by atoms with van der Waals surface area (Å²) in [4.78, 5) is 3.80. The molecule has 0 unspecified atom stereocenters. The first-order valence-corrected chi connectivity index (χ1v) is 20.0. The molecule has 3 aromatic carbocycles. The van der Waals surface area contributed by atoms with Crippen LogP contribution in [0.2, 0.25) is 15.5 Å². The van der Waals surface area contributed by atoms with Crippen molar-refractivity contribution in [2.75, 3.05) is 5.32 Å². The largest absolute Gasteiger partial charge is 2.00 e. The number of azo groups is 2. The molecule has 0 fully saturated rings. The van der Waals surface area contributed by atoms with Crippen LogP contribution >= 0.6 is 34.8 Å². The molecular formula is C30H14Cl3CuN9Na4O12S3. The Morgan fingerprint density at radius 3 is 1.92 bits per heavy atom. The van der Waals surface area contributed by atoms with Gasteiger partial charge in [0.05, 0.1) is 32.6 Å². The Bertz CT molecular complexity index is 2910. The Labute approximate surface area is 466 Å². The fraction of sp³-hybridized carbons (Fsp3) is 0. The summed E-state index contributed by atoms with van der Waals surface area (Å²) in [7, 11) is -16.2. The van der Waals surface area contributed by atoms with Gasteiger partial charge in [0.1, 0.15) is 35.4 Å². The van der Waals surface area contributed by atoms with Crippen molar-refractivity contribution < 1.29 is 190 Å². The summed E-state index contributed by atoms with van der Waals surface area (Å²) in [6, 6.07) is 12.1. The van der Waals surface area contributed by atoms with E-state index in [2.05, 4.69) is 45.9 Å². The predicted molar refractivity (Wildman–Crippen MR) is 192 cm³/mol. The van der Waals surface area contributed by atoms with Gasteiger partial charge in [-0.2, -0.15) is 21.2 Å². The molecular weight excluding hydrogens is 1040 g/mol. The fourth-order valence-electron chi connectivity index (χ4n) is 4.31. The van der Waals surface area contributed by atoms with Crippen molar-refractivity contribution in [3.05, 3.63) is 116 Å². The van der Waals surface area contributed by atoms with E-state index in [9.17, 15) is 54.2 Å². The van der Waals surface area contributed by atoms with E-state index in [-0.39, 0.29) is 180 Å². The normalized spacial score (nSPS) is 13.6. The van der Waals surface area contributed by atoms with Gasteiger partial charge in [-0.25, -0.2) is 30.2 Å². The number of amidine groups is 1.